The van der Waals surface area contributed by atoms with Gasteiger partial charge in [0, 0.05) is 11.3 Å². The summed E-state index contributed by atoms with van der Waals surface area (Å²) in [5.41, 5.74) is 2.58. The molecule has 0 radical (unpaired) electrons. The van der Waals surface area contributed by atoms with Gasteiger partial charge in [0.2, 0.25) is 0 Å². The molecule has 1 N–H and O–H groups in total. The normalized spacial score (nSPS) is 15.0. The van der Waals surface area contributed by atoms with Gasteiger partial charge in [-0.2, -0.15) is 0 Å². The Morgan fingerprint density at radius 3 is 3.09 bits per heavy atom. The van der Waals surface area contributed by atoms with E-state index in [0.29, 0.717) is 0 Å². The quantitative estimate of drug-likeness (QED) is 0.597. The van der Waals surface area contributed by atoms with E-state index < -0.39 is 0 Å². The van der Waals surface area contributed by atoms with Crippen molar-refractivity contribution in [1.82, 2.24) is 9.97 Å². The summed E-state index contributed by atoms with van der Waals surface area (Å²) in [7, 11) is 0. The van der Waals surface area contributed by atoms with E-state index in [0.717, 1.165) is 23.3 Å². The fourth-order valence-electron chi connectivity index (χ4n) is 1.58. The molecule has 1 aromatic heterocycles. The van der Waals surface area contributed by atoms with Crippen LogP contribution in [0.5, 0.6) is 0 Å². The summed E-state index contributed by atoms with van der Waals surface area (Å²) >= 11 is 5.14. The van der Waals surface area contributed by atoms with Crippen LogP contribution in [0, 0.1) is 11.6 Å². The predicted octanol–water partition coefficient (Wildman–Crippen LogP) is 1.94. The van der Waals surface area contributed by atoms with Crippen LogP contribution < -0.4 is 0 Å². The summed E-state index contributed by atoms with van der Waals surface area (Å²) in [6, 6.07) is 0. The second-order valence-corrected chi connectivity index (χ2v) is 3.32. The van der Waals surface area contributed by atoms with Crippen molar-refractivity contribution in [3.63, 3.8) is 0 Å². The molecule has 0 amide bonds. The average molecular weight is 166 g/mol. The van der Waals surface area contributed by atoms with Gasteiger partial charge < -0.3 is 4.98 Å². The van der Waals surface area contributed by atoms with Crippen LogP contribution in [0.15, 0.2) is 0 Å². The van der Waals surface area contributed by atoms with Crippen molar-refractivity contribution in [3.05, 3.63) is 21.7 Å². The Morgan fingerprint density at radius 2 is 2.27 bits per heavy atom. The molecule has 0 unspecified atom stereocenters. The van der Waals surface area contributed by atoms with Gasteiger partial charge >= 0.3 is 0 Å². The molecular formula is C8H10N2S. The van der Waals surface area contributed by atoms with E-state index in [9.17, 15) is 0 Å². The highest BCUT2D eigenvalue weighted by molar-refractivity contribution is 7.71. The van der Waals surface area contributed by atoms with E-state index in [1.54, 1.807) is 0 Å². The standard InChI is InChI=1S/C8H10N2S/c1-5-9-7-4-2-3-6(7)8(11)10-5/h2-4H2,1H3,(H,9,10,11). The van der Waals surface area contributed by atoms with Crippen LogP contribution >= 0.6 is 12.2 Å². The maximum Gasteiger partial charge on any atom is 0.133 e. The number of rotatable bonds is 0. The Morgan fingerprint density at radius 1 is 1.45 bits per heavy atom. The number of aryl methyl sites for hydroxylation is 2. The fourth-order valence-corrected chi connectivity index (χ4v) is 1.95. The first kappa shape index (κ1) is 6.98. The molecule has 2 rings (SSSR count). The Labute approximate surface area is 70.7 Å². The van der Waals surface area contributed by atoms with Crippen LogP contribution in [-0.2, 0) is 12.8 Å². The van der Waals surface area contributed by atoms with E-state index in [-0.39, 0.29) is 0 Å². The third kappa shape index (κ3) is 1.09. The third-order valence-electron chi connectivity index (χ3n) is 2.08. The Kier molecular flexibility index (Phi) is 1.53. The van der Waals surface area contributed by atoms with Crippen molar-refractivity contribution in [2.75, 3.05) is 0 Å². The van der Waals surface area contributed by atoms with E-state index in [1.165, 1.54) is 17.7 Å². The number of hydrogen-bond acceptors (Lipinski definition) is 2. The monoisotopic (exact) mass is 166 g/mol. The highest BCUT2D eigenvalue weighted by Crippen LogP contribution is 2.19. The number of aromatic nitrogens is 2. The van der Waals surface area contributed by atoms with Crippen LogP contribution in [-0.4, -0.2) is 9.97 Å². The zero-order chi connectivity index (χ0) is 7.84. The summed E-state index contributed by atoms with van der Waals surface area (Å²) in [5.74, 6) is 0.940. The van der Waals surface area contributed by atoms with Gasteiger partial charge in [-0.1, -0.05) is 12.2 Å². The number of fused-ring (bicyclic) bond motifs is 1. The van der Waals surface area contributed by atoms with Crippen molar-refractivity contribution in [1.29, 1.82) is 0 Å². The van der Waals surface area contributed by atoms with E-state index >= 15 is 0 Å². The molecule has 2 nitrogen and oxygen atoms in total. The molecule has 1 aromatic rings. The summed E-state index contributed by atoms with van der Waals surface area (Å²) in [6.07, 6.45) is 3.47. The second kappa shape index (κ2) is 2.41. The van der Waals surface area contributed by atoms with Crippen molar-refractivity contribution in [2.45, 2.75) is 26.2 Å². The summed E-state index contributed by atoms with van der Waals surface area (Å²) in [4.78, 5) is 7.46. The highest BCUT2D eigenvalue weighted by atomic mass is 32.1. The maximum absolute atomic E-state index is 5.14. The molecule has 11 heavy (non-hydrogen) atoms. The van der Waals surface area contributed by atoms with E-state index in [4.69, 9.17) is 12.2 Å². The number of nitrogens with one attached hydrogen (secondary N) is 1. The van der Waals surface area contributed by atoms with Gasteiger partial charge in [-0.15, -0.1) is 0 Å². The summed E-state index contributed by atoms with van der Waals surface area (Å²) in [5, 5.41) is 0. The van der Waals surface area contributed by atoms with Gasteiger partial charge in [-0.05, 0) is 26.2 Å². The summed E-state index contributed by atoms with van der Waals surface area (Å²) < 4.78 is 0.800. The first-order chi connectivity index (χ1) is 5.27. The topological polar surface area (TPSA) is 28.7 Å². The summed E-state index contributed by atoms with van der Waals surface area (Å²) in [6.45, 7) is 1.95. The molecule has 0 atom stereocenters. The molecule has 1 heterocycles. The van der Waals surface area contributed by atoms with Gasteiger partial charge in [0.1, 0.15) is 10.5 Å². The highest BCUT2D eigenvalue weighted by Gasteiger charge is 2.12. The van der Waals surface area contributed by atoms with Crippen molar-refractivity contribution < 1.29 is 0 Å². The Bertz CT molecular complexity index is 340. The minimum Gasteiger partial charge on any atom is -0.347 e. The minimum absolute atomic E-state index is 0.800. The largest absolute Gasteiger partial charge is 0.347 e. The molecule has 3 heteroatoms. The van der Waals surface area contributed by atoms with Crippen LogP contribution in [0.25, 0.3) is 0 Å². The molecule has 0 saturated heterocycles. The zero-order valence-electron chi connectivity index (χ0n) is 6.48. The van der Waals surface area contributed by atoms with Gasteiger partial charge in [0.25, 0.3) is 0 Å². The van der Waals surface area contributed by atoms with Crippen molar-refractivity contribution in [3.8, 4) is 0 Å². The van der Waals surface area contributed by atoms with Gasteiger partial charge in [-0.25, -0.2) is 4.98 Å². The zero-order valence-corrected chi connectivity index (χ0v) is 7.29. The van der Waals surface area contributed by atoms with Crippen LogP contribution in [0.1, 0.15) is 23.5 Å². The van der Waals surface area contributed by atoms with Gasteiger partial charge in [0.15, 0.2) is 0 Å². The molecule has 1 aliphatic rings. The molecule has 0 saturated carbocycles. The van der Waals surface area contributed by atoms with Crippen molar-refractivity contribution >= 4 is 12.2 Å². The molecule has 0 bridgehead atoms. The predicted molar refractivity (Wildman–Crippen MR) is 46.2 cm³/mol. The smallest absolute Gasteiger partial charge is 0.133 e. The molecule has 1 aliphatic carbocycles. The molecule has 0 fully saturated rings. The van der Waals surface area contributed by atoms with Crippen LogP contribution in [0.3, 0.4) is 0 Å². The Balaban J connectivity index is 2.70. The lowest BCUT2D eigenvalue weighted by atomic mass is 10.3. The van der Waals surface area contributed by atoms with Crippen molar-refractivity contribution in [2.24, 2.45) is 0 Å². The first-order valence-corrected chi connectivity index (χ1v) is 4.27. The lowest BCUT2D eigenvalue weighted by molar-refractivity contribution is 0.895. The SMILES string of the molecule is Cc1nc(=S)c2c([nH]1)CCC2. The minimum atomic E-state index is 0.800. The van der Waals surface area contributed by atoms with E-state index in [1.807, 2.05) is 6.92 Å². The number of H-pyrrole nitrogens is 1. The first-order valence-electron chi connectivity index (χ1n) is 3.86. The molecule has 0 aliphatic heterocycles. The van der Waals surface area contributed by atoms with Gasteiger partial charge in [0.05, 0.1) is 0 Å². The Hall–Kier alpha value is -0.700. The number of hydrogen-bond donors (Lipinski definition) is 1. The third-order valence-corrected chi connectivity index (χ3v) is 2.41. The maximum atomic E-state index is 5.14. The molecule has 0 spiro atoms. The second-order valence-electron chi connectivity index (χ2n) is 2.94. The van der Waals surface area contributed by atoms with Crippen LogP contribution in [0.4, 0.5) is 0 Å². The van der Waals surface area contributed by atoms with Crippen LogP contribution in [0.2, 0.25) is 0 Å². The molecule has 0 aromatic carbocycles. The average Bonchev–Trinajstić information content (AvgIpc) is 2.34. The number of nitrogens with zero attached hydrogens (tertiary/aromatic N) is 1. The molecular weight excluding hydrogens is 156 g/mol. The van der Waals surface area contributed by atoms with Gasteiger partial charge in [-0.3, -0.25) is 0 Å². The molecule has 58 valence electrons. The lowest BCUT2D eigenvalue weighted by Gasteiger charge is -1.99. The lowest BCUT2D eigenvalue weighted by Crippen LogP contribution is -1.95. The number of aromatic amines is 1. The van der Waals surface area contributed by atoms with E-state index in [2.05, 4.69) is 9.97 Å². The fraction of sp³-hybridized carbons (Fsp3) is 0.500.